The molecule has 0 saturated carbocycles. The van der Waals surface area contributed by atoms with Gasteiger partial charge in [-0.15, -0.1) is 11.3 Å². The van der Waals surface area contributed by atoms with Crippen LogP contribution < -0.4 is 5.32 Å². The van der Waals surface area contributed by atoms with E-state index in [2.05, 4.69) is 58.5 Å². The first-order valence-corrected chi connectivity index (χ1v) is 9.53. The van der Waals surface area contributed by atoms with Crippen LogP contribution in [-0.2, 0) is 6.42 Å². The number of hydrogen-bond donors (Lipinski definition) is 1. The summed E-state index contributed by atoms with van der Waals surface area (Å²) in [7, 11) is 0. The summed E-state index contributed by atoms with van der Waals surface area (Å²) in [5, 5.41) is 5.20. The van der Waals surface area contributed by atoms with Gasteiger partial charge in [-0.25, -0.2) is 0 Å². The Kier molecular flexibility index (Phi) is 5.48. The molecule has 3 aromatic rings. The van der Waals surface area contributed by atoms with Crippen molar-refractivity contribution in [2.75, 3.05) is 0 Å². The van der Waals surface area contributed by atoms with Gasteiger partial charge in [0, 0.05) is 14.9 Å². The second-order valence-corrected chi connectivity index (χ2v) is 7.42. The molecule has 0 spiro atoms. The molecule has 0 saturated heterocycles. The minimum Gasteiger partial charge on any atom is -0.340 e. The maximum absolute atomic E-state index is 12.7. The van der Waals surface area contributed by atoms with E-state index >= 15 is 0 Å². The summed E-state index contributed by atoms with van der Waals surface area (Å²) < 4.78 is 0.898. The van der Waals surface area contributed by atoms with Crippen LogP contribution in [0.15, 0.2) is 70.5 Å². The summed E-state index contributed by atoms with van der Waals surface area (Å²) in [4.78, 5) is 13.8. The van der Waals surface area contributed by atoms with Crippen LogP contribution in [0.25, 0.3) is 0 Å². The Morgan fingerprint density at radius 2 is 1.92 bits per heavy atom. The standard InChI is InChI=1S/C20H18BrNOS/c1-2-14-8-10-15(11-9-14)19(18-7-4-12-24-18)22-20(23)16-5-3-6-17(21)13-16/h3-13,19H,2H2,1H3,(H,22,23)/t19-/m1/s1. The van der Waals surface area contributed by atoms with Crippen LogP contribution in [0.5, 0.6) is 0 Å². The summed E-state index contributed by atoms with van der Waals surface area (Å²) in [6.07, 6.45) is 1.01. The van der Waals surface area contributed by atoms with Gasteiger partial charge in [0.05, 0.1) is 6.04 Å². The van der Waals surface area contributed by atoms with Crippen LogP contribution in [-0.4, -0.2) is 5.91 Å². The number of amides is 1. The molecule has 1 N–H and O–H groups in total. The lowest BCUT2D eigenvalue weighted by Crippen LogP contribution is -2.28. The van der Waals surface area contributed by atoms with Crippen LogP contribution in [0.1, 0.15) is 39.3 Å². The predicted octanol–water partition coefficient (Wildman–Crippen LogP) is 5.59. The lowest BCUT2D eigenvalue weighted by Gasteiger charge is -2.18. The van der Waals surface area contributed by atoms with E-state index in [1.54, 1.807) is 11.3 Å². The van der Waals surface area contributed by atoms with Gasteiger partial charge in [-0.05, 0) is 47.2 Å². The number of nitrogens with one attached hydrogen (secondary N) is 1. The Hall–Kier alpha value is -1.91. The molecule has 0 bridgehead atoms. The molecule has 0 fully saturated rings. The van der Waals surface area contributed by atoms with Crippen molar-refractivity contribution in [1.29, 1.82) is 0 Å². The van der Waals surface area contributed by atoms with Gasteiger partial charge in [0.1, 0.15) is 0 Å². The second kappa shape index (κ2) is 7.77. The fourth-order valence-corrected chi connectivity index (χ4v) is 3.77. The number of carbonyl (C=O) groups excluding carboxylic acids is 1. The number of thiophene rings is 1. The van der Waals surface area contributed by atoms with Crippen molar-refractivity contribution in [2.24, 2.45) is 0 Å². The molecule has 1 atom stereocenters. The molecule has 0 aliphatic heterocycles. The normalized spacial score (nSPS) is 11.9. The predicted molar refractivity (Wildman–Crippen MR) is 104 cm³/mol. The highest BCUT2D eigenvalue weighted by atomic mass is 79.9. The monoisotopic (exact) mass is 399 g/mol. The van der Waals surface area contributed by atoms with E-state index in [1.807, 2.05) is 35.7 Å². The molecule has 0 radical (unpaired) electrons. The van der Waals surface area contributed by atoms with Gasteiger partial charge in [-0.2, -0.15) is 0 Å². The number of rotatable bonds is 5. The Balaban J connectivity index is 1.89. The first-order valence-electron chi connectivity index (χ1n) is 7.86. The van der Waals surface area contributed by atoms with Crippen molar-refractivity contribution in [2.45, 2.75) is 19.4 Å². The molecule has 1 heterocycles. The van der Waals surface area contributed by atoms with Crippen LogP contribution in [0.2, 0.25) is 0 Å². The van der Waals surface area contributed by atoms with Crippen molar-refractivity contribution < 1.29 is 4.79 Å². The molecule has 2 nitrogen and oxygen atoms in total. The molecule has 1 aromatic heterocycles. The fourth-order valence-electron chi connectivity index (χ4n) is 2.56. The Bertz CT molecular complexity index is 812. The van der Waals surface area contributed by atoms with E-state index < -0.39 is 0 Å². The van der Waals surface area contributed by atoms with Gasteiger partial charge in [0.25, 0.3) is 5.91 Å². The molecule has 2 aromatic carbocycles. The van der Waals surface area contributed by atoms with E-state index in [4.69, 9.17) is 0 Å². The van der Waals surface area contributed by atoms with Gasteiger partial charge in [0.2, 0.25) is 0 Å². The first kappa shape index (κ1) is 16.9. The summed E-state index contributed by atoms with van der Waals surface area (Å²) in [5.41, 5.74) is 3.04. The number of benzene rings is 2. The Morgan fingerprint density at radius 3 is 2.54 bits per heavy atom. The molecule has 1 amide bonds. The molecule has 0 unspecified atom stereocenters. The molecule has 0 aliphatic carbocycles. The average molecular weight is 400 g/mol. The molecule has 3 rings (SSSR count). The summed E-state index contributed by atoms with van der Waals surface area (Å²) in [5.74, 6) is -0.0748. The zero-order chi connectivity index (χ0) is 16.9. The smallest absolute Gasteiger partial charge is 0.252 e. The maximum Gasteiger partial charge on any atom is 0.252 e. The maximum atomic E-state index is 12.7. The van der Waals surface area contributed by atoms with Crippen LogP contribution in [0.3, 0.4) is 0 Å². The zero-order valence-corrected chi connectivity index (χ0v) is 15.7. The number of hydrogen-bond acceptors (Lipinski definition) is 2. The number of carbonyl (C=O) groups is 1. The van der Waals surface area contributed by atoms with Crippen LogP contribution >= 0.6 is 27.3 Å². The number of aryl methyl sites for hydroxylation is 1. The fraction of sp³-hybridized carbons (Fsp3) is 0.150. The molecular formula is C20H18BrNOS. The van der Waals surface area contributed by atoms with Crippen LogP contribution in [0.4, 0.5) is 0 Å². The second-order valence-electron chi connectivity index (χ2n) is 5.53. The summed E-state index contributed by atoms with van der Waals surface area (Å²) >= 11 is 5.07. The lowest BCUT2D eigenvalue weighted by atomic mass is 10.0. The van der Waals surface area contributed by atoms with Crippen molar-refractivity contribution in [3.63, 3.8) is 0 Å². The van der Waals surface area contributed by atoms with Crippen molar-refractivity contribution >= 4 is 33.2 Å². The first-order chi connectivity index (χ1) is 11.7. The van der Waals surface area contributed by atoms with Crippen molar-refractivity contribution in [3.05, 3.63) is 92.1 Å². The third-order valence-corrected chi connectivity index (χ3v) is 5.34. The van der Waals surface area contributed by atoms with Gasteiger partial charge in [-0.3, -0.25) is 4.79 Å². The summed E-state index contributed by atoms with van der Waals surface area (Å²) in [6, 6.07) is 19.8. The zero-order valence-electron chi connectivity index (χ0n) is 13.3. The minimum absolute atomic E-state index is 0.0748. The molecule has 0 aliphatic rings. The van der Waals surface area contributed by atoms with Crippen LogP contribution in [0, 0.1) is 0 Å². The Labute approximate surface area is 154 Å². The third kappa shape index (κ3) is 3.94. The van der Waals surface area contributed by atoms with E-state index in [9.17, 15) is 4.79 Å². The lowest BCUT2D eigenvalue weighted by molar-refractivity contribution is 0.0943. The van der Waals surface area contributed by atoms with Crippen molar-refractivity contribution in [1.82, 2.24) is 5.32 Å². The molecule has 24 heavy (non-hydrogen) atoms. The SMILES string of the molecule is CCc1ccc([C@@H](NC(=O)c2cccc(Br)c2)c2cccs2)cc1. The van der Waals surface area contributed by atoms with E-state index in [0.717, 1.165) is 21.3 Å². The van der Waals surface area contributed by atoms with Crippen molar-refractivity contribution in [3.8, 4) is 0 Å². The highest BCUT2D eigenvalue weighted by Crippen LogP contribution is 2.27. The largest absolute Gasteiger partial charge is 0.340 e. The average Bonchev–Trinajstić information content (AvgIpc) is 3.14. The van der Waals surface area contributed by atoms with E-state index in [-0.39, 0.29) is 11.9 Å². The van der Waals surface area contributed by atoms with Gasteiger partial charge >= 0.3 is 0 Å². The minimum atomic E-state index is -0.137. The third-order valence-electron chi connectivity index (χ3n) is 3.91. The molecule has 122 valence electrons. The van der Waals surface area contributed by atoms with E-state index in [1.165, 1.54) is 5.56 Å². The van der Waals surface area contributed by atoms with E-state index in [0.29, 0.717) is 5.56 Å². The topological polar surface area (TPSA) is 29.1 Å². The quantitative estimate of drug-likeness (QED) is 0.594. The molecule has 4 heteroatoms. The highest BCUT2D eigenvalue weighted by molar-refractivity contribution is 9.10. The number of halogens is 1. The van der Waals surface area contributed by atoms with Gasteiger partial charge in [-0.1, -0.05) is 59.3 Å². The molecular weight excluding hydrogens is 382 g/mol. The summed E-state index contributed by atoms with van der Waals surface area (Å²) in [6.45, 7) is 2.14. The van der Waals surface area contributed by atoms with Gasteiger partial charge < -0.3 is 5.32 Å². The Morgan fingerprint density at radius 1 is 1.12 bits per heavy atom. The van der Waals surface area contributed by atoms with Gasteiger partial charge in [0.15, 0.2) is 0 Å². The highest BCUT2D eigenvalue weighted by Gasteiger charge is 2.19.